The van der Waals surface area contributed by atoms with E-state index in [9.17, 15) is 0 Å². The average Bonchev–Trinajstić information content (AvgIpc) is 2.68. The molecule has 96 valence electrons. The van der Waals surface area contributed by atoms with Gasteiger partial charge in [-0.1, -0.05) is 0 Å². The predicted molar refractivity (Wildman–Crippen MR) is 75.9 cm³/mol. The molecular formula is C14H24N2S. The number of likely N-dealkylation sites (tertiary alicyclic amines) is 1. The SMILES string of the molecule is CNC1CCN(C(C)c2cc(C)sc2C)CC1. The minimum atomic E-state index is 0.581. The molecule has 2 rings (SSSR count). The largest absolute Gasteiger partial charge is 0.317 e. The van der Waals surface area contributed by atoms with Crippen molar-refractivity contribution in [1.82, 2.24) is 10.2 Å². The Kier molecular flexibility index (Phi) is 4.23. The lowest BCUT2D eigenvalue weighted by atomic mass is 10.0. The van der Waals surface area contributed by atoms with E-state index in [4.69, 9.17) is 0 Å². The van der Waals surface area contributed by atoms with Gasteiger partial charge in [-0.3, -0.25) is 4.90 Å². The molecule has 1 fully saturated rings. The summed E-state index contributed by atoms with van der Waals surface area (Å²) in [5.41, 5.74) is 1.54. The van der Waals surface area contributed by atoms with Crippen molar-refractivity contribution in [3.8, 4) is 0 Å². The molecule has 1 aromatic rings. The highest BCUT2D eigenvalue weighted by Gasteiger charge is 2.24. The fourth-order valence-electron chi connectivity index (χ4n) is 2.84. The molecule has 3 heteroatoms. The molecule has 0 spiro atoms. The van der Waals surface area contributed by atoms with Gasteiger partial charge in [0.25, 0.3) is 0 Å². The van der Waals surface area contributed by atoms with Crippen molar-refractivity contribution in [2.24, 2.45) is 0 Å². The first kappa shape index (κ1) is 13.1. The van der Waals surface area contributed by atoms with Crippen molar-refractivity contribution >= 4 is 11.3 Å². The summed E-state index contributed by atoms with van der Waals surface area (Å²) in [5.74, 6) is 0. The van der Waals surface area contributed by atoms with Gasteiger partial charge >= 0.3 is 0 Å². The van der Waals surface area contributed by atoms with E-state index in [0.717, 1.165) is 6.04 Å². The van der Waals surface area contributed by atoms with E-state index in [0.29, 0.717) is 6.04 Å². The van der Waals surface area contributed by atoms with Crippen LogP contribution in [0.3, 0.4) is 0 Å². The van der Waals surface area contributed by atoms with Gasteiger partial charge in [0.05, 0.1) is 0 Å². The molecule has 0 aliphatic carbocycles. The maximum absolute atomic E-state index is 3.39. The molecule has 0 amide bonds. The molecule has 0 radical (unpaired) electrons. The minimum Gasteiger partial charge on any atom is -0.317 e. The smallest absolute Gasteiger partial charge is 0.0330 e. The van der Waals surface area contributed by atoms with Crippen molar-refractivity contribution in [2.75, 3.05) is 20.1 Å². The van der Waals surface area contributed by atoms with Crippen LogP contribution in [0.15, 0.2) is 6.07 Å². The molecule has 17 heavy (non-hydrogen) atoms. The van der Waals surface area contributed by atoms with Crippen LogP contribution in [-0.4, -0.2) is 31.1 Å². The first-order valence-electron chi connectivity index (χ1n) is 6.60. The zero-order valence-corrected chi connectivity index (χ0v) is 12.2. The molecule has 0 aromatic carbocycles. The number of hydrogen-bond donors (Lipinski definition) is 1. The van der Waals surface area contributed by atoms with Crippen molar-refractivity contribution in [1.29, 1.82) is 0 Å². The van der Waals surface area contributed by atoms with Crippen LogP contribution in [0.4, 0.5) is 0 Å². The molecule has 1 aliphatic rings. The van der Waals surface area contributed by atoms with E-state index in [-0.39, 0.29) is 0 Å². The fourth-order valence-corrected chi connectivity index (χ4v) is 3.85. The molecule has 2 nitrogen and oxygen atoms in total. The lowest BCUT2D eigenvalue weighted by Gasteiger charge is -2.36. The molecule has 1 aromatic heterocycles. The van der Waals surface area contributed by atoms with Crippen molar-refractivity contribution < 1.29 is 0 Å². The Morgan fingerprint density at radius 3 is 2.47 bits per heavy atom. The van der Waals surface area contributed by atoms with Gasteiger partial charge in [-0.05, 0) is 52.3 Å². The van der Waals surface area contributed by atoms with Crippen molar-refractivity contribution in [2.45, 2.75) is 45.7 Å². The van der Waals surface area contributed by atoms with E-state index in [1.165, 1.54) is 41.2 Å². The number of nitrogens with zero attached hydrogens (tertiary/aromatic N) is 1. The summed E-state index contributed by atoms with van der Waals surface area (Å²) in [6.45, 7) is 9.27. The highest BCUT2D eigenvalue weighted by atomic mass is 32.1. The van der Waals surface area contributed by atoms with Gasteiger partial charge in [0, 0.05) is 34.9 Å². The highest BCUT2D eigenvalue weighted by molar-refractivity contribution is 7.12. The summed E-state index contributed by atoms with van der Waals surface area (Å²) in [7, 11) is 2.08. The van der Waals surface area contributed by atoms with E-state index in [1.54, 1.807) is 0 Å². The van der Waals surface area contributed by atoms with Crippen molar-refractivity contribution in [3.63, 3.8) is 0 Å². The lowest BCUT2D eigenvalue weighted by Crippen LogP contribution is -2.42. The average molecular weight is 252 g/mol. The lowest BCUT2D eigenvalue weighted by molar-refractivity contribution is 0.155. The zero-order valence-electron chi connectivity index (χ0n) is 11.4. The summed E-state index contributed by atoms with van der Waals surface area (Å²) in [5, 5.41) is 3.39. The summed E-state index contributed by atoms with van der Waals surface area (Å²) in [4.78, 5) is 5.56. The molecule has 1 atom stereocenters. The Balaban J connectivity index is 2.01. The van der Waals surface area contributed by atoms with Crippen LogP contribution in [0.25, 0.3) is 0 Å². The quantitative estimate of drug-likeness (QED) is 0.889. The van der Waals surface area contributed by atoms with Crippen LogP contribution in [0.1, 0.15) is 41.1 Å². The predicted octanol–water partition coefficient (Wildman–Crippen LogP) is 3.11. The highest BCUT2D eigenvalue weighted by Crippen LogP contribution is 2.31. The normalized spacial score (nSPS) is 20.7. The standard InChI is InChI=1S/C14H24N2S/c1-10-9-14(12(3)17-10)11(2)16-7-5-13(15-4)6-8-16/h9,11,13,15H,5-8H2,1-4H3. The molecule has 1 aliphatic heterocycles. The maximum atomic E-state index is 3.39. The second-order valence-electron chi connectivity index (χ2n) is 5.14. The Morgan fingerprint density at radius 1 is 1.35 bits per heavy atom. The number of thiophene rings is 1. The fraction of sp³-hybridized carbons (Fsp3) is 0.714. The van der Waals surface area contributed by atoms with Crippen LogP contribution in [0, 0.1) is 13.8 Å². The van der Waals surface area contributed by atoms with Gasteiger partial charge < -0.3 is 5.32 Å². The van der Waals surface area contributed by atoms with E-state index in [2.05, 4.69) is 44.1 Å². The van der Waals surface area contributed by atoms with Crippen LogP contribution in [0.2, 0.25) is 0 Å². The second kappa shape index (κ2) is 5.51. The van der Waals surface area contributed by atoms with Gasteiger partial charge in [-0.25, -0.2) is 0 Å². The minimum absolute atomic E-state index is 0.581. The van der Waals surface area contributed by atoms with Crippen LogP contribution in [-0.2, 0) is 0 Å². The number of piperidine rings is 1. The molecular weight excluding hydrogens is 228 g/mol. The number of aryl methyl sites for hydroxylation is 2. The summed E-state index contributed by atoms with van der Waals surface area (Å²) < 4.78 is 0. The Labute approximate surface area is 109 Å². The maximum Gasteiger partial charge on any atom is 0.0330 e. The molecule has 1 unspecified atom stereocenters. The van der Waals surface area contributed by atoms with Crippen molar-refractivity contribution in [3.05, 3.63) is 21.4 Å². The monoisotopic (exact) mass is 252 g/mol. The molecule has 0 bridgehead atoms. The van der Waals surface area contributed by atoms with E-state index in [1.807, 2.05) is 11.3 Å². The third kappa shape index (κ3) is 2.90. The Morgan fingerprint density at radius 2 is 2.00 bits per heavy atom. The first-order chi connectivity index (χ1) is 8.11. The Hall–Kier alpha value is -0.380. The summed E-state index contributed by atoms with van der Waals surface area (Å²) >= 11 is 1.93. The summed E-state index contributed by atoms with van der Waals surface area (Å²) in [6, 6.07) is 3.68. The van der Waals surface area contributed by atoms with Crippen LogP contribution in [0.5, 0.6) is 0 Å². The Bertz CT molecular complexity index is 364. The van der Waals surface area contributed by atoms with Gasteiger partial charge in [0.1, 0.15) is 0 Å². The van der Waals surface area contributed by atoms with Gasteiger partial charge in [-0.15, -0.1) is 11.3 Å². The molecule has 1 saturated heterocycles. The number of nitrogens with one attached hydrogen (secondary N) is 1. The van der Waals surface area contributed by atoms with Gasteiger partial charge in [-0.2, -0.15) is 0 Å². The molecule has 1 N–H and O–H groups in total. The zero-order chi connectivity index (χ0) is 12.4. The molecule has 2 heterocycles. The number of rotatable bonds is 3. The van der Waals surface area contributed by atoms with E-state index >= 15 is 0 Å². The topological polar surface area (TPSA) is 15.3 Å². The first-order valence-corrected chi connectivity index (χ1v) is 7.41. The molecule has 0 saturated carbocycles. The van der Waals surface area contributed by atoms with Gasteiger partial charge in [0.15, 0.2) is 0 Å². The second-order valence-corrected chi connectivity index (χ2v) is 6.60. The third-order valence-corrected chi connectivity index (χ3v) is 5.00. The number of hydrogen-bond acceptors (Lipinski definition) is 3. The van der Waals surface area contributed by atoms with E-state index < -0.39 is 0 Å². The van der Waals surface area contributed by atoms with Gasteiger partial charge in [0.2, 0.25) is 0 Å². The van der Waals surface area contributed by atoms with Crippen LogP contribution >= 0.6 is 11.3 Å². The summed E-state index contributed by atoms with van der Waals surface area (Å²) in [6.07, 6.45) is 2.56. The third-order valence-electron chi connectivity index (χ3n) is 4.01. The van der Waals surface area contributed by atoms with Crippen LogP contribution < -0.4 is 5.32 Å².